The molecule has 0 saturated carbocycles. The molecule has 0 fully saturated rings. The molecular formula is C14H17BrN2O2. The van der Waals surface area contributed by atoms with Gasteiger partial charge in [-0.1, -0.05) is 22.0 Å². The monoisotopic (exact) mass is 324 g/mol. The molecule has 1 aromatic heterocycles. The van der Waals surface area contributed by atoms with Crippen LogP contribution < -0.4 is 5.32 Å². The number of carbonyl (C=O) groups is 1. The third-order valence-electron chi connectivity index (χ3n) is 2.95. The van der Waals surface area contributed by atoms with Gasteiger partial charge in [-0.25, -0.2) is 0 Å². The third-order valence-corrected chi connectivity index (χ3v) is 3.45. The van der Waals surface area contributed by atoms with Crippen molar-refractivity contribution in [2.45, 2.75) is 25.8 Å². The first kappa shape index (κ1) is 14.1. The SMILES string of the molecule is CC(C)(CO)NC(=O)Cc1c[nH]c2cc(Br)ccc12. The minimum absolute atomic E-state index is 0.0838. The summed E-state index contributed by atoms with van der Waals surface area (Å²) in [7, 11) is 0. The Balaban J connectivity index is 2.16. The quantitative estimate of drug-likeness (QED) is 0.808. The number of nitrogens with one attached hydrogen (secondary N) is 2. The van der Waals surface area contributed by atoms with Crippen molar-refractivity contribution in [3.63, 3.8) is 0 Å². The second kappa shape index (κ2) is 5.35. The zero-order valence-electron chi connectivity index (χ0n) is 11.0. The van der Waals surface area contributed by atoms with E-state index in [1.54, 1.807) is 13.8 Å². The second-order valence-corrected chi connectivity index (χ2v) is 6.19. The van der Waals surface area contributed by atoms with Crippen LogP contribution in [0.5, 0.6) is 0 Å². The predicted molar refractivity (Wildman–Crippen MR) is 79.0 cm³/mol. The molecule has 0 spiro atoms. The summed E-state index contributed by atoms with van der Waals surface area (Å²) in [5, 5.41) is 13.0. The molecule has 1 heterocycles. The standard InChI is InChI=1S/C14H17BrN2O2/c1-14(2,8-18)17-13(19)5-9-7-16-12-6-10(15)3-4-11(9)12/h3-4,6-7,16,18H,5,8H2,1-2H3,(H,17,19). The van der Waals surface area contributed by atoms with Crippen molar-refractivity contribution >= 4 is 32.7 Å². The fourth-order valence-corrected chi connectivity index (χ4v) is 2.30. The molecule has 4 nitrogen and oxygen atoms in total. The van der Waals surface area contributed by atoms with Crippen molar-refractivity contribution < 1.29 is 9.90 Å². The summed E-state index contributed by atoms with van der Waals surface area (Å²) in [6.07, 6.45) is 2.15. The van der Waals surface area contributed by atoms with Crippen molar-refractivity contribution in [3.8, 4) is 0 Å². The maximum atomic E-state index is 12.0. The molecule has 2 rings (SSSR count). The number of fused-ring (bicyclic) bond motifs is 1. The van der Waals surface area contributed by atoms with Gasteiger partial charge < -0.3 is 15.4 Å². The molecule has 0 aliphatic rings. The summed E-state index contributed by atoms with van der Waals surface area (Å²) >= 11 is 3.41. The number of aliphatic hydroxyl groups excluding tert-OH is 1. The summed E-state index contributed by atoms with van der Waals surface area (Å²) in [6, 6.07) is 5.92. The molecule has 0 radical (unpaired) electrons. The number of aromatic nitrogens is 1. The molecule has 5 heteroatoms. The largest absolute Gasteiger partial charge is 0.394 e. The van der Waals surface area contributed by atoms with Crippen LogP contribution in [0, 0.1) is 0 Å². The van der Waals surface area contributed by atoms with Crippen molar-refractivity contribution in [3.05, 3.63) is 34.4 Å². The van der Waals surface area contributed by atoms with Crippen LogP contribution in [0.25, 0.3) is 10.9 Å². The number of carbonyl (C=O) groups excluding carboxylic acids is 1. The number of rotatable bonds is 4. The normalized spacial score (nSPS) is 11.8. The van der Waals surface area contributed by atoms with E-state index in [-0.39, 0.29) is 12.5 Å². The number of amides is 1. The Morgan fingerprint density at radius 1 is 1.47 bits per heavy atom. The lowest BCUT2D eigenvalue weighted by atomic mass is 10.1. The van der Waals surface area contributed by atoms with E-state index >= 15 is 0 Å². The van der Waals surface area contributed by atoms with E-state index in [9.17, 15) is 4.79 Å². The molecule has 1 aromatic carbocycles. The van der Waals surface area contributed by atoms with E-state index < -0.39 is 5.54 Å². The number of H-pyrrole nitrogens is 1. The van der Waals surface area contributed by atoms with E-state index in [0.717, 1.165) is 20.9 Å². The van der Waals surface area contributed by atoms with Crippen LogP contribution in [0.3, 0.4) is 0 Å². The van der Waals surface area contributed by atoms with Crippen molar-refractivity contribution in [1.29, 1.82) is 0 Å². The molecule has 0 unspecified atom stereocenters. The molecule has 1 amide bonds. The summed E-state index contributed by atoms with van der Waals surface area (Å²) in [5.41, 5.74) is 1.36. The van der Waals surface area contributed by atoms with Gasteiger partial charge in [0.1, 0.15) is 0 Å². The van der Waals surface area contributed by atoms with Gasteiger partial charge in [0.25, 0.3) is 0 Å². The van der Waals surface area contributed by atoms with Crippen molar-refractivity contribution in [2.24, 2.45) is 0 Å². The second-order valence-electron chi connectivity index (χ2n) is 5.27. The van der Waals surface area contributed by atoms with Crippen LogP contribution in [0.2, 0.25) is 0 Å². The van der Waals surface area contributed by atoms with E-state index in [4.69, 9.17) is 5.11 Å². The average molecular weight is 325 g/mol. The highest BCUT2D eigenvalue weighted by molar-refractivity contribution is 9.10. The number of hydrogen-bond acceptors (Lipinski definition) is 2. The van der Waals surface area contributed by atoms with Gasteiger partial charge in [0, 0.05) is 21.6 Å². The molecule has 19 heavy (non-hydrogen) atoms. The molecule has 3 N–H and O–H groups in total. The Labute approximate surface area is 120 Å². The molecule has 102 valence electrons. The van der Waals surface area contributed by atoms with Gasteiger partial charge in [0.05, 0.1) is 18.6 Å². The first-order valence-corrected chi connectivity index (χ1v) is 6.88. The number of halogens is 1. The minimum Gasteiger partial charge on any atom is -0.394 e. The maximum Gasteiger partial charge on any atom is 0.224 e. The van der Waals surface area contributed by atoms with Gasteiger partial charge in [-0.3, -0.25) is 4.79 Å². The fourth-order valence-electron chi connectivity index (χ4n) is 1.94. The van der Waals surface area contributed by atoms with Crippen LogP contribution >= 0.6 is 15.9 Å². The fraction of sp³-hybridized carbons (Fsp3) is 0.357. The average Bonchev–Trinajstić information content (AvgIpc) is 2.71. The molecule has 0 bridgehead atoms. The van der Waals surface area contributed by atoms with Gasteiger partial charge in [-0.05, 0) is 31.5 Å². The van der Waals surface area contributed by atoms with Gasteiger partial charge in [0.2, 0.25) is 5.91 Å². The number of aliphatic hydroxyl groups is 1. The van der Waals surface area contributed by atoms with E-state index in [1.807, 2.05) is 24.4 Å². The molecule has 0 saturated heterocycles. The Kier molecular flexibility index (Phi) is 3.96. The van der Waals surface area contributed by atoms with Gasteiger partial charge in [-0.15, -0.1) is 0 Å². The van der Waals surface area contributed by atoms with Gasteiger partial charge >= 0.3 is 0 Å². The smallest absolute Gasteiger partial charge is 0.224 e. The highest BCUT2D eigenvalue weighted by Gasteiger charge is 2.19. The van der Waals surface area contributed by atoms with Crippen LogP contribution in [0.15, 0.2) is 28.9 Å². The van der Waals surface area contributed by atoms with E-state index in [2.05, 4.69) is 26.2 Å². The summed E-state index contributed by atoms with van der Waals surface area (Å²) in [5.74, 6) is -0.0946. The minimum atomic E-state index is -0.591. The van der Waals surface area contributed by atoms with Crippen molar-refractivity contribution in [1.82, 2.24) is 10.3 Å². The van der Waals surface area contributed by atoms with Gasteiger partial charge in [0.15, 0.2) is 0 Å². The molecule has 0 atom stereocenters. The first-order chi connectivity index (χ1) is 8.91. The Morgan fingerprint density at radius 3 is 2.89 bits per heavy atom. The first-order valence-electron chi connectivity index (χ1n) is 6.09. The summed E-state index contributed by atoms with van der Waals surface area (Å²) in [6.45, 7) is 3.49. The summed E-state index contributed by atoms with van der Waals surface area (Å²) < 4.78 is 0.999. The van der Waals surface area contributed by atoms with Crippen LogP contribution in [0.1, 0.15) is 19.4 Å². The predicted octanol–water partition coefficient (Wildman–Crippen LogP) is 2.36. The van der Waals surface area contributed by atoms with E-state index in [0.29, 0.717) is 6.42 Å². The van der Waals surface area contributed by atoms with Crippen LogP contribution in [0.4, 0.5) is 0 Å². The summed E-state index contributed by atoms with van der Waals surface area (Å²) in [4.78, 5) is 15.1. The lowest BCUT2D eigenvalue weighted by Gasteiger charge is -2.23. The zero-order chi connectivity index (χ0) is 14.0. The lowest BCUT2D eigenvalue weighted by Crippen LogP contribution is -2.46. The Morgan fingerprint density at radius 2 is 2.21 bits per heavy atom. The number of aromatic amines is 1. The zero-order valence-corrected chi connectivity index (χ0v) is 12.5. The number of benzene rings is 1. The maximum absolute atomic E-state index is 12.0. The molecular weight excluding hydrogens is 308 g/mol. The molecule has 0 aliphatic heterocycles. The van der Waals surface area contributed by atoms with E-state index in [1.165, 1.54) is 0 Å². The lowest BCUT2D eigenvalue weighted by molar-refractivity contribution is -0.122. The Hall–Kier alpha value is -1.33. The number of hydrogen-bond donors (Lipinski definition) is 3. The topological polar surface area (TPSA) is 65.1 Å². The van der Waals surface area contributed by atoms with Gasteiger partial charge in [-0.2, -0.15) is 0 Å². The highest BCUT2D eigenvalue weighted by atomic mass is 79.9. The van der Waals surface area contributed by atoms with Crippen molar-refractivity contribution in [2.75, 3.05) is 6.61 Å². The van der Waals surface area contributed by atoms with Crippen LogP contribution in [-0.4, -0.2) is 28.1 Å². The highest BCUT2D eigenvalue weighted by Crippen LogP contribution is 2.22. The molecule has 0 aliphatic carbocycles. The van der Waals surface area contributed by atoms with Crippen LogP contribution in [-0.2, 0) is 11.2 Å². The molecule has 2 aromatic rings. The Bertz CT molecular complexity index is 605. The third kappa shape index (κ3) is 3.36.